The summed E-state index contributed by atoms with van der Waals surface area (Å²) < 4.78 is 1.55. The minimum Gasteiger partial charge on any atom is -0.493 e. The minimum atomic E-state index is 0. The van der Waals surface area contributed by atoms with Crippen LogP contribution in [-0.4, -0.2) is 4.70 Å². The zero-order chi connectivity index (χ0) is 36.6. The van der Waals surface area contributed by atoms with Crippen LogP contribution in [0.4, 0.5) is 0 Å². The van der Waals surface area contributed by atoms with Gasteiger partial charge in [-0.15, -0.1) is 0 Å². The first-order chi connectivity index (χ1) is 23.9. The number of nitrogens with zero attached hydrogens (tertiary/aromatic N) is 2. The van der Waals surface area contributed by atoms with Gasteiger partial charge >= 0.3 is 20.4 Å². The molecule has 284 valence electrons. The molecule has 2 aromatic rings. The maximum absolute atomic E-state index is 12.0. The third-order valence-corrected chi connectivity index (χ3v) is 10.2. The molecule has 0 saturated heterocycles. The van der Waals surface area contributed by atoms with Gasteiger partial charge < -0.3 is 19.4 Å². The molecule has 0 aromatic heterocycles. The Balaban J connectivity index is 0.00000463. The smallest absolute Gasteiger partial charge is 0.493 e. The van der Waals surface area contributed by atoms with Crippen LogP contribution >= 0.6 is 0 Å². The van der Waals surface area contributed by atoms with Gasteiger partial charge in [0.2, 0.25) is 11.4 Å². The molecule has 2 aromatic carbocycles. The molecule has 0 amide bonds. The predicted molar refractivity (Wildman–Crippen MR) is 220 cm³/mol. The first-order valence-electron chi connectivity index (χ1n) is 20.4. The molecule has 1 aliphatic heterocycles. The zero-order valence-electron chi connectivity index (χ0n) is 34.2. The monoisotopic (exact) mass is 775 g/mol. The SMILES string of the molecule is CCCCCCC1=C(c2cc(C)c(C)c(C)c2)[N+](=[N-])C(c2cc(CCCCCC)c(CCCCCC)c(CCCCCC)c2)=C1.[CH2-]C.[CH2-]C.[Pd+2]. The molecule has 0 fully saturated rings. The molecule has 0 radical (unpaired) electrons. The van der Waals surface area contributed by atoms with Crippen molar-refractivity contribution in [2.24, 2.45) is 0 Å². The quantitative estimate of drug-likeness (QED) is 0.0493. The summed E-state index contributed by atoms with van der Waals surface area (Å²) in [6, 6.07) is 9.49. The Kier molecular flexibility index (Phi) is 27.7. The van der Waals surface area contributed by atoms with Gasteiger partial charge in [0.1, 0.15) is 0 Å². The van der Waals surface area contributed by atoms with Gasteiger partial charge in [0.15, 0.2) is 0 Å². The molecule has 1 aliphatic rings. The average molecular weight is 776 g/mol. The van der Waals surface area contributed by atoms with Crippen molar-refractivity contribution in [1.82, 2.24) is 0 Å². The summed E-state index contributed by atoms with van der Waals surface area (Å²) in [7, 11) is 0. The van der Waals surface area contributed by atoms with Crippen LogP contribution in [0.2, 0.25) is 0 Å². The van der Waals surface area contributed by atoms with E-state index in [1.54, 1.807) is 35.2 Å². The molecular formula is C47H76N2Pd. The molecule has 0 aliphatic carbocycles. The van der Waals surface area contributed by atoms with Crippen LogP contribution in [-0.2, 0) is 39.7 Å². The Morgan fingerprint density at radius 2 is 0.920 bits per heavy atom. The van der Waals surface area contributed by atoms with Gasteiger partial charge in [0, 0.05) is 22.8 Å². The Hall–Kier alpha value is -1.82. The van der Waals surface area contributed by atoms with E-state index >= 15 is 0 Å². The molecule has 0 spiro atoms. The maximum Gasteiger partial charge on any atom is 2.00 e. The number of hydrogen-bond donors (Lipinski definition) is 0. The second-order valence-corrected chi connectivity index (χ2v) is 14.0. The molecule has 50 heavy (non-hydrogen) atoms. The Labute approximate surface area is 325 Å². The van der Waals surface area contributed by atoms with Crippen molar-refractivity contribution in [1.29, 1.82) is 0 Å². The third kappa shape index (κ3) is 15.4. The molecule has 0 atom stereocenters. The molecule has 0 saturated carbocycles. The van der Waals surface area contributed by atoms with Crippen molar-refractivity contribution in [3.63, 3.8) is 0 Å². The minimum absolute atomic E-state index is 0. The van der Waals surface area contributed by atoms with Crippen LogP contribution in [0.3, 0.4) is 0 Å². The topological polar surface area (TPSA) is 25.3 Å². The second-order valence-electron chi connectivity index (χ2n) is 14.0. The van der Waals surface area contributed by atoms with Gasteiger partial charge in [-0.2, -0.15) is 13.8 Å². The van der Waals surface area contributed by atoms with E-state index in [0.29, 0.717) is 0 Å². The fourth-order valence-corrected chi connectivity index (χ4v) is 7.10. The summed E-state index contributed by atoms with van der Waals surface area (Å²) in [5.41, 5.74) is 26.2. The largest absolute Gasteiger partial charge is 2.00 e. The molecule has 3 heteroatoms. The van der Waals surface area contributed by atoms with Crippen molar-refractivity contribution < 1.29 is 25.1 Å². The van der Waals surface area contributed by atoms with E-state index in [9.17, 15) is 5.53 Å². The van der Waals surface area contributed by atoms with E-state index < -0.39 is 0 Å². The summed E-state index contributed by atoms with van der Waals surface area (Å²) in [5, 5.41) is 0. The molecule has 0 unspecified atom stereocenters. The Morgan fingerprint density at radius 3 is 1.34 bits per heavy atom. The van der Waals surface area contributed by atoms with Gasteiger partial charge in [-0.05, 0) is 130 Å². The number of allylic oxidation sites excluding steroid dienone is 2. The summed E-state index contributed by atoms with van der Waals surface area (Å²) >= 11 is 0. The fourth-order valence-electron chi connectivity index (χ4n) is 7.10. The van der Waals surface area contributed by atoms with Crippen LogP contribution in [0.1, 0.15) is 195 Å². The Morgan fingerprint density at radius 1 is 0.520 bits per heavy atom. The molecule has 0 bridgehead atoms. The van der Waals surface area contributed by atoms with Gasteiger partial charge in [0.25, 0.3) is 0 Å². The van der Waals surface area contributed by atoms with Crippen molar-refractivity contribution in [2.45, 2.75) is 191 Å². The van der Waals surface area contributed by atoms with Gasteiger partial charge in [0.05, 0.1) is 0 Å². The van der Waals surface area contributed by atoms with E-state index in [0.717, 1.165) is 42.6 Å². The summed E-state index contributed by atoms with van der Waals surface area (Å²) in [6.07, 6.45) is 27.2. The number of aryl methyl sites for hydroxylation is 4. The van der Waals surface area contributed by atoms with E-state index in [4.69, 9.17) is 0 Å². The normalized spacial score (nSPS) is 12.2. The number of rotatable bonds is 22. The molecular weight excluding hydrogens is 699 g/mol. The van der Waals surface area contributed by atoms with Gasteiger partial charge in [-0.3, -0.25) is 0 Å². The second kappa shape index (κ2) is 28.7. The first-order valence-corrected chi connectivity index (χ1v) is 20.4. The van der Waals surface area contributed by atoms with Gasteiger partial charge in [-0.25, -0.2) is 4.70 Å². The summed E-state index contributed by atoms with van der Waals surface area (Å²) in [4.78, 5) is 0. The fraction of sp³-hybridized carbons (Fsp3) is 0.617. The van der Waals surface area contributed by atoms with Gasteiger partial charge in [-0.1, -0.05) is 105 Å². The van der Waals surface area contributed by atoms with E-state index in [2.05, 4.69) is 92.7 Å². The van der Waals surface area contributed by atoms with Crippen LogP contribution in [0.15, 0.2) is 35.9 Å². The maximum atomic E-state index is 12.0. The predicted octanol–water partition coefficient (Wildman–Crippen LogP) is 15.4. The summed E-state index contributed by atoms with van der Waals surface area (Å²) in [5.74, 6) is 0. The average Bonchev–Trinajstić information content (AvgIpc) is 3.45. The number of unbranched alkanes of at least 4 members (excludes halogenated alkanes) is 12. The standard InChI is InChI=1S/C43H66N2.2C2H5.Pd/c1-8-12-16-20-24-36-30-39(31-37(25-21-17-13-9-2)41(36)27-23-19-15-11-4)42-32-38(26-22-18-14-10-3)43(45(42)44)40-28-33(5)35(7)34(6)29-40;2*1-2;/h28-32H,8-27H2,1-7H3;2*1H2,2H3;/q;2*-1;+2. The first kappa shape index (κ1) is 48.2. The van der Waals surface area contributed by atoms with Crippen LogP contribution in [0.25, 0.3) is 16.9 Å². The number of benzene rings is 2. The molecule has 2 nitrogen and oxygen atoms in total. The third-order valence-electron chi connectivity index (χ3n) is 10.2. The van der Waals surface area contributed by atoms with Crippen LogP contribution in [0, 0.1) is 34.6 Å². The van der Waals surface area contributed by atoms with Crippen LogP contribution < -0.4 is 0 Å². The van der Waals surface area contributed by atoms with Crippen molar-refractivity contribution in [2.75, 3.05) is 0 Å². The molecule has 0 N–H and O–H groups in total. The van der Waals surface area contributed by atoms with E-state index in [1.807, 2.05) is 0 Å². The summed E-state index contributed by atoms with van der Waals surface area (Å²) in [6.45, 7) is 25.8. The van der Waals surface area contributed by atoms with Crippen molar-refractivity contribution in [3.8, 4) is 0 Å². The molecule has 3 rings (SSSR count). The van der Waals surface area contributed by atoms with Crippen LogP contribution in [0.5, 0.6) is 0 Å². The van der Waals surface area contributed by atoms with E-state index in [1.165, 1.54) is 131 Å². The zero-order valence-corrected chi connectivity index (χ0v) is 35.7. The van der Waals surface area contributed by atoms with Crippen molar-refractivity contribution in [3.05, 3.63) is 99.8 Å². The van der Waals surface area contributed by atoms with E-state index in [-0.39, 0.29) is 20.4 Å². The molecule has 1 heterocycles. The number of hydrogen-bond acceptors (Lipinski definition) is 0. The van der Waals surface area contributed by atoms with Crippen molar-refractivity contribution >= 4 is 11.4 Å². The Bertz CT molecular complexity index is 1240.